The minimum Gasteiger partial charge on any atom is -0.255 e. The summed E-state index contributed by atoms with van der Waals surface area (Å²) in [7, 11) is 0. The smallest absolute Gasteiger partial charge is 0.0901 e. The Morgan fingerprint density at radius 3 is 1.08 bits per heavy atom. The zero-order valence-electron chi connectivity index (χ0n) is 20.1. The predicted molar refractivity (Wildman–Crippen MR) is 155 cm³/mol. The minimum atomic E-state index is 0.685. The highest BCUT2D eigenvalue weighted by atomic mass is 35.5. The molecule has 0 saturated carbocycles. The maximum atomic E-state index is 6.17. The van der Waals surface area contributed by atoms with Crippen molar-refractivity contribution in [3.05, 3.63) is 132 Å². The van der Waals surface area contributed by atoms with E-state index in [1.807, 2.05) is 109 Å². The first-order valence-corrected chi connectivity index (χ1v) is 12.8. The van der Waals surface area contributed by atoms with E-state index in [4.69, 9.17) is 33.2 Å². The van der Waals surface area contributed by atoms with Crippen molar-refractivity contribution in [2.75, 3.05) is 0 Å². The molecule has 0 spiro atoms. The van der Waals surface area contributed by atoms with E-state index in [1.165, 1.54) is 0 Å². The Morgan fingerprint density at radius 1 is 0.368 bits per heavy atom. The minimum absolute atomic E-state index is 0.685. The van der Waals surface area contributed by atoms with Crippen LogP contribution in [0.1, 0.15) is 0 Å². The van der Waals surface area contributed by atoms with Gasteiger partial charge in [0.2, 0.25) is 0 Å². The molecule has 0 aliphatic carbocycles. The second-order valence-electron chi connectivity index (χ2n) is 8.70. The molecule has 6 aromatic rings. The molecule has 0 fully saturated rings. The van der Waals surface area contributed by atoms with Crippen molar-refractivity contribution in [2.45, 2.75) is 0 Å². The Kier molecular flexibility index (Phi) is 6.65. The van der Waals surface area contributed by atoms with E-state index in [0.717, 1.165) is 56.4 Å². The van der Waals surface area contributed by atoms with Crippen molar-refractivity contribution < 1.29 is 0 Å². The number of pyridine rings is 4. The van der Waals surface area contributed by atoms with Crippen LogP contribution in [0.5, 0.6) is 0 Å². The first kappa shape index (κ1) is 24.0. The summed E-state index contributed by atoms with van der Waals surface area (Å²) in [5.41, 5.74) is 8.56. The number of hydrogen-bond acceptors (Lipinski definition) is 4. The lowest BCUT2D eigenvalue weighted by Gasteiger charge is -2.12. The lowest BCUT2D eigenvalue weighted by atomic mass is 10.00. The van der Waals surface area contributed by atoms with Crippen LogP contribution in [0.3, 0.4) is 0 Å². The molecule has 0 aliphatic heterocycles. The first-order chi connectivity index (χ1) is 18.6. The fourth-order valence-electron chi connectivity index (χ4n) is 4.23. The standard InChI is InChI=1S/C32H20Cl2N4/c33-25-11-7-21(8-12-25)23-17-29(27-5-1-3-15-35-27)37-31(19-23)32-20-24(22-9-13-26(34)14-10-22)18-30(38-32)28-6-2-4-16-36-28/h1-20H. The molecule has 0 saturated heterocycles. The van der Waals surface area contributed by atoms with Crippen LogP contribution in [-0.4, -0.2) is 19.9 Å². The summed E-state index contributed by atoms with van der Waals surface area (Å²) < 4.78 is 0. The van der Waals surface area contributed by atoms with Gasteiger partial charge in [-0.15, -0.1) is 0 Å². The van der Waals surface area contributed by atoms with E-state index in [2.05, 4.69) is 9.97 Å². The average Bonchev–Trinajstić information content (AvgIpc) is 2.98. The number of nitrogens with zero attached hydrogens (tertiary/aromatic N) is 4. The lowest BCUT2D eigenvalue weighted by molar-refractivity contribution is 1.21. The van der Waals surface area contributed by atoms with Gasteiger partial charge in [-0.3, -0.25) is 9.97 Å². The highest BCUT2D eigenvalue weighted by Gasteiger charge is 2.14. The van der Waals surface area contributed by atoms with Crippen LogP contribution >= 0.6 is 23.2 Å². The Morgan fingerprint density at radius 2 is 0.737 bits per heavy atom. The fourth-order valence-corrected chi connectivity index (χ4v) is 4.48. The molecule has 0 bridgehead atoms. The quantitative estimate of drug-likeness (QED) is 0.223. The van der Waals surface area contributed by atoms with Crippen molar-refractivity contribution in [2.24, 2.45) is 0 Å². The summed E-state index contributed by atoms with van der Waals surface area (Å²) in [6.07, 6.45) is 3.54. The van der Waals surface area contributed by atoms with Crippen molar-refractivity contribution >= 4 is 23.2 Å². The number of aromatic nitrogens is 4. The van der Waals surface area contributed by atoms with Crippen molar-refractivity contribution in [1.29, 1.82) is 0 Å². The first-order valence-electron chi connectivity index (χ1n) is 12.0. The third-order valence-electron chi connectivity index (χ3n) is 6.12. The molecule has 0 atom stereocenters. The topological polar surface area (TPSA) is 51.6 Å². The maximum absolute atomic E-state index is 6.17. The molecule has 0 N–H and O–H groups in total. The second kappa shape index (κ2) is 10.5. The van der Waals surface area contributed by atoms with Crippen LogP contribution in [-0.2, 0) is 0 Å². The molecule has 6 heteroatoms. The molecule has 0 unspecified atom stereocenters. The molecule has 0 amide bonds. The highest BCUT2D eigenvalue weighted by molar-refractivity contribution is 6.30. The van der Waals surface area contributed by atoms with E-state index in [0.29, 0.717) is 10.0 Å². The zero-order chi connectivity index (χ0) is 25.9. The van der Waals surface area contributed by atoms with Crippen molar-refractivity contribution in [1.82, 2.24) is 19.9 Å². The van der Waals surface area contributed by atoms with Gasteiger partial charge in [-0.1, -0.05) is 59.6 Å². The normalized spacial score (nSPS) is 10.9. The summed E-state index contributed by atoms with van der Waals surface area (Å²) in [5, 5.41) is 1.37. The molecule has 182 valence electrons. The summed E-state index contributed by atoms with van der Waals surface area (Å²) in [6, 6.07) is 35.3. The molecule has 6 rings (SSSR count). The van der Waals surface area contributed by atoms with Gasteiger partial charge >= 0.3 is 0 Å². The number of hydrogen-bond donors (Lipinski definition) is 0. The van der Waals surface area contributed by atoms with Gasteiger partial charge in [0.25, 0.3) is 0 Å². The lowest BCUT2D eigenvalue weighted by Crippen LogP contribution is -1.97. The van der Waals surface area contributed by atoms with Gasteiger partial charge in [-0.05, 0) is 95.1 Å². The monoisotopic (exact) mass is 530 g/mol. The SMILES string of the molecule is Clc1ccc(-c2cc(-c3ccccn3)nc(-c3cc(-c4ccc(Cl)cc4)cc(-c4ccccn4)n3)c2)cc1. The van der Waals surface area contributed by atoms with E-state index >= 15 is 0 Å². The molecule has 38 heavy (non-hydrogen) atoms. The van der Waals surface area contributed by atoms with E-state index in [9.17, 15) is 0 Å². The molecule has 2 aromatic carbocycles. The van der Waals surface area contributed by atoms with E-state index < -0.39 is 0 Å². The van der Waals surface area contributed by atoms with E-state index in [-0.39, 0.29) is 0 Å². The van der Waals surface area contributed by atoms with Crippen molar-refractivity contribution in [3.8, 4) is 56.4 Å². The third-order valence-corrected chi connectivity index (χ3v) is 6.63. The second-order valence-corrected chi connectivity index (χ2v) is 9.57. The van der Waals surface area contributed by atoms with Crippen molar-refractivity contribution in [3.63, 3.8) is 0 Å². The molecule has 0 radical (unpaired) electrons. The maximum Gasteiger partial charge on any atom is 0.0901 e. The molecule has 4 nitrogen and oxygen atoms in total. The molecular formula is C32H20Cl2N4. The van der Waals surface area contributed by atoms with Gasteiger partial charge in [-0.25, -0.2) is 9.97 Å². The van der Waals surface area contributed by atoms with E-state index in [1.54, 1.807) is 12.4 Å². The summed E-state index contributed by atoms with van der Waals surface area (Å²) in [6.45, 7) is 0. The van der Waals surface area contributed by atoms with Gasteiger partial charge in [0.05, 0.1) is 34.2 Å². The third kappa shape index (κ3) is 5.18. The van der Waals surface area contributed by atoms with Crippen LogP contribution in [0.15, 0.2) is 122 Å². The summed E-state index contributed by atoms with van der Waals surface area (Å²) >= 11 is 12.3. The number of benzene rings is 2. The molecule has 4 heterocycles. The average molecular weight is 531 g/mol. The Bertz CT molecular complexity index is 1570. The van der Waals surface area contributed by atoms with Crippen LogP contribution < -0.4 is 0 Å². The zero-order valence-corrected chi connectivity index (χ0v) is 21.6. The molecular weight excluding hydrogens is 511 g/mol. The molecule has 4 aromatic heterocycles. The summed E-state index contributed by atoms with van der Waals surface area (Å²) in [4.78, 5) is 19.1. The van der Waals surface area contributed by atoms with Crippen LogP contribution in [0, 0.1) is 0 Å². The fraction of sp³-hybridized carbons (Fsp3) is 0. The predicted octanol–water partition coefficient (Wildman–Crippen LogP) is 8.91. The Labute approximate surface area is 230 Å². The largest absolute Gasteiger partial charge is 0.255 e. The Balaban J connectivity index is 1.57. The molecule has 0 aliphatic rings. The van der Waals surface area contributed by atoms with Crippen LogP contribution in [0.25, 0.3) is 56.4 Å². The van der Waals surface area contributed by atoms with Gasteiger partial charge in [0.15, 0.2) is 0 Å². The van der Waals surface area contributed by atoms with Gasteiger partial charge in [0, 0.05) is 22.4 Å². The van der Waals surface area contributed by atoms with Crippen LogP contribution in [0.2, 0.25) is 10.0 Å². The van der Waals surface area contributed by atoms with Crippen LogP contribution in [0.4, 0.5) is 0 Å². The Hall–Kier alpha value is -4.38. The number of rotatable bonds is 5. The number of halogens is 2. The van der Waals surface area contributed by atoms with Gasteiger partial charge in [0.1, 0.15) is 0 Å². The summed E-state index contributed by atoms with van der Waals surface area (Å²) in [5.74, 6) is 0. The van der Waals surface area contributed by atoms with Gasteiger partial charge < -0.3 is 0 Å². The van der Waals surface area contributed by atoms with Gasteiger partial charge in [-0.2, -0.15) is 0 Å². The highest BCUT2D eigenvalue weighted by Crippen LogP contribution is 2.33.